The van der Waals surface area contributed by atoms with Gasteiger partial charge in [-0.1, -0.05) is 0 Å². The lowest BCUT2D eigenvalue weighted by molar-refractivity contribution is 0.0989. The van der Waals surface area contributed by atoms with Crippen LogP contribution in [0.25, 0.3) is 0 Å². The van der Waals surface area contributed by atoms with Gasteiger partial charge in [0, 0.05) is 12.7 Å². The molecular formula is C9H12N4O. The first-order chi connectivity index (χ1) is 6.83. The van der Waals surface area contributed by atoms with Gasteiger partial charge in [-0.05, 0) is 12.5 Å². The van der Waals surface area contributed by atoms with E-state index in [0.717, 1.165) is 25.4 Å². The maximum absolute atomic E-state index is 5.54. The highest BCUT2D eigenvalue weighted by atomic mass is 16.5. The second-order valence-corrected chi connectivity index (χ2v) is 3.77. The quantitative estimate of drug-likeness (QED) is 0.680. The van der Waals surface area contributed by atoms with E-state index in [4.69, 9.17) is 10.5 Å². The van der Waals surface area contributed by atoms with E-state index in [0.29, 0.717) is 18.1 Å². The minimum absolute atomic E-state index is 0.339. The van der Waals surface area contributed by atoms with Crippen molar-refractivity contribution in [3.63, 3.8) is 0 Å². The standard InChI is InChI=1S/C9H12N4O/c10-9-11-2-1-8(12-9)13-4-7-3-6(13)5-14-7/h1-2,6-7H,3-5H2,(H2,10,11,12)/t6-,7-/m1/s1. The van der Waals surface area contributed by atoms with Crippen molar-refractivity contribution in [2.24, 2.45) is 0 Å². The van der Waals surface area contributed by atoms with Crippen LogP contribution in [0.1, 0.15) is 6.42 Å². The molecule has 5 heteroatoms. The molecule has 1 aromatic rings. The average Bonchev–Trinajstić information content (AvgIpc) is 2.78. The zero-order valence-corrected chi connectivity index (χ0v) is 7.76. The van der Waals surface area contributed by atoms with E-state index in [1.54, 1.807) is 6.20 Å². The third-order valence-corrected chi connectivity index (χ3v) is 2.85. The van der Waals surface area contributed by atoms with Crippen molar-refractivity contribution in [2.45, 2.75) is 18.6 Å². The van der Waals surface area contributed by atoms with E-state index >= 15 is 0 Å². The Morgan fingerprint density at radius 1 is 1.57 bits per heavy atom. The molecule has 0 aromatic carbocycles. The summed E-state index contributed by atoms with van der Waals surface area (Å²) in [6.45, 7) is 1.75. The molecule has 14 heavy (non-hydrogen) atoms. The van der Waals surface area contributed by atoms with Crippen LogP contribution >= 0.6 is 0 Å². The van der Waals surface area contributed by atoms with E-state index in [1.165, 1.54) is 0 Å². The summed E-state index contributed by atoms with van der Waals surface area (Å²) in [6.07, 6.45) is 3.20. The molecule has 0 spiro atoms. The van der Waals surface area contributed by atoms with Crippen molar-refractivity contribution >= 4 is 11.8 Å². The van der Waals surface area contributed by atoms with Crippen molar-refractivity contribution in [1.82, 2.24) is 9.97 Å². The SMILES string of the molecule is Nc1nccc(N2C[C@H]3C[C@@H]2CO3)n1. The Balaban J connectivity index is 1.89. The second kappa shape index (κ2) is 2.81. The van der Waals surface area contributed by atoms with Crippen LogP contribution in [-0.4, -0.2) is 35.3 Å². The number of nitrogen functional groups attached to an aromatic ring is 1. The molecule has 2 N–H and O–H groups in total. The first kappa shape index (κ1) is 7.99. The highest BCUT2D eigenvalue weighted by molar-refractivity contribution is 5.44. The van der Waals surface area contributed by atoms with Gasteiger partial charge in [-0.25, -0.2) is 4.98 Å². The summed E-state index contributed by atoms with van der Waals surface area (Å²) in [7, 11) is 0. The second-order valence-electron chi connectivity index (χ2n) is 3.77. The van der Waals surface area contributed by atoms with E-state index in [2.05, 4.69) is 14.9 Å². The molecule has 0 aliphatic carbocycles. The predicted octanol–water partition coefficient (Wildman–Crippen LogP) is 0.0363. The van der Waals surface area contributed by atoms with Crippen molar-refractivity contribution in [2.75, 3.05) is 23.8 Å². The lowest BCUT2D eigenvalue weighted by Crippen LogP contribution is -2.37. The molecule has 0 amide bonds. The van der Waals surface area contributed by atoms with Gasteiger partial charge in [0.1, 0.15) is 5.82 Å². The molecule has 0 radical (unpaired) electrons. The number of nitrogens with two attached hydrogens (primary N) is 1. The summed E-state index contributed by atoms with van der Waals surface area (Å²) in [5.41, 5.74) is 5.54. The summed E-state index contributed by atoms with van der Waals surface area (Å²) < 4.78 is 5.52. The number of morpholine rings is 1. The van der Waals surface area contributed by atoms with Crippen molar-refractivity contribution in [1.29, 1.82) is 0 Å². The maximum Gasteiger partial charge on any atom is 0.221 e. The molecule has 5 nitrogen and oxygen atoms in total. The molecule has 1 aromatic heterocycles. The van der Waals surface area contributed by atoms with E-state index in [9.17, 15) is 0 Å². The zero-order chi connectivity index (χ0) is 9.54. The number of hydrogen-bond donors (Lipinski definition) is 1. The smallest absolute Gasteiger partial charge is 0.221 e. The Hall–Kier alpha value is -1.36. The minimum atomic E-state index is 0.339. The molecule has 2 saturated heterocycles. The van der Waals surface area contributed by atoms with Gasteiger partial charge in [-0.3, -0.25) is 0 Å². The van der Waals surface area contributed by atoms with Crippen LogP contribution in [0.3, 0.4) is 0 Å². The fourth-order valence-electron chi connectivity index (χ4n) is 2.20. The van der Waals surface area contributed by atoms with Crippen LogP contribution in [-0.2, 0) is 4.74 Å². The van der Waals surface area contributed by atoms with E-state index in [1.807, 2.05) is 6.07 Å². The average molecular weight is 192 g/mol. The van der Waals surface area contributed by atoms with Gasteiger partial charge in [0.25, 0.3) is 0 Å². The Kier molecular flexibility index (Phi) is 1.61. The molecule has 3 heterocycles. The highest BCUT2D eigenvalue weighted by Crippen LogP contribution is 2.31. The lowest BCUT2D eigenvalue weighted by Gasteiger charge is -2.27. The van der Waals surface area contributed by atoms with Crippen molar-refractivity contribution in [3.8, 4) is 0 Å². The van der Waals surface area contributed by atoms with Crippen LogP contribution in [0.2, 0.25) is 0 Å². The molecule has 0 saturated carbocycles. The lowest BCUT2D eigenvalue weighted by atomic mass is 10.2. The first-order valence-electron chi connectivity index (χ1n) is 4.80. The fourth-order valence-corrected chi connectivity index (χ4v) is 2.20. The van der Waals surface area contributed by atoms with Crippen LogP contribution in [0.4, 0.5) is 11.8 Å². The molecule has 2 atom stereocenters. The third kappa shape index (κ3) is 1.13. The number of fused-ring (bicyclic) bond motifs is 2. The van der Waals surface area contributed by atoms with Crippen LogP contribution in [0.5, 0.6) is 0 Å². The van der Waals surface area contributed by atoms with Crippen molar-refractivity contribution in [3.05, 3.63) is 12.3 Å². The Bertz CT molecular complexity index is 356. The van der Waals surface area contributed by atoms with Crippen molar-refractivity contribution < 1.29 is 4.74 Å². The largest absolute Gasteiger partial charge is 0.374 e. The number of aromatic nitrogens is 2. The third-order valence-electron chi connectivity index (χ3n) is 2.85. The van der Waals surface area contributed by atoms with Gasteiger partial charge in [-0.15, -0.1) is 0 Å². The Labute approximate surface area is 81.9 Å². The molecule has 74 valence electrons. The van der Waals surface area contributed by atoms with Gasteiger partial charge >= 0.3 is 0 Å². The molecule has 2 aliphatic rings. The monoisotopic (exact) mass is 192 g/mol. The summed E-state index contributed by atoms with van der Waals surface area (Å²) in [6, 6.07) is 2.38. The normalized spacial score (nSPS) is 29.9. The van der Waals surface area contributed by atoms with Crippen LogP contribution in [0, 0.1) is 0 Å². The highest BCUT2D eigenvalue weighted by Gasteiger charge is 2.39. The number of anilines is 2. The fraction of sp³-hybridized carbons (Fsp3) is 0.556. The van der Waals surface area contributed by atoms with E-state index in [-0.39, 0.29) is 0 Å². The first-order valence-corrected chi connectivity index (χ1v) is 4.80. The van der Waals surface area contributed by atoms with Gasteiger partial charge in [0.15, 0.2) is 0 Å². The summed E-state index contributed by atoms with van der Waals surface area (Å²) in [5.74, 6) is 1.26. The molecule has 3 rings (SSSR count). The minimum Gasteiger partial charge on any atom is -0.374 e. The van der Waals surface area contributed by atoms with Gasteiger partial charge in [0.05, 0.1) is 18.8 Å². The molecular weight excluding hydrogens is 180 g/mol. The number of rotatable bonds is 1. The molecule has 2 bridgehead atoms. The number of ether oxygens (including phenoxy) is 1. The van der Waals surface area contributed by atoms with Gasteiger partial charge in [-0.2, -0.15) is 4.98 Å². The summed E-state index contributed by atoms with van der Waals surface area (Å²) in [4.78, 5) is 10.3. The zero-order valence-electron chi connectivity index (χ0n) is 7.76. The van der Waals surface area contributed by atoms with E-state index < -0.39 is 0 Å². The Morgan fingerprint density at radius 2 is 2.50 bits per heavy atom. The summed E-state index contributed by atoms with van der Waals surface area (Å²) >= 11 is 0. The molecule has 0 unspecified atom stereocenters. The summed E-state index contributed by atoms with van der Waals surface area (Å²) in [5, 5.41) is 0. The Morgan fingerprint density at radius 3 is 3.14 bits per heavy atom. The van der Waals surface area contributed by atoms with Gasteiger partial charge in [0.2, 0.25) is 5.95 Å². The van der Waals surface area contributed by atoms with Gasteiger partial charge < -0.3 is 15.4 Å². The molecule has 2 fully saturated rings. The maximum atomic E-state index is 5.54. The predicted molar refractivity (Wildman–Crippen MR) is 51.9 cm³/mol. The number of hydrogen-bond acceptors (Lipinski definition) is 5. The number of nitrogens with zero attached hydrogens (tertiary/aromatic N) is 3. The van der Waals surface area contributed by atoms with Crippen LogP contribution < -0.4 is 10.6 Å². The molecule has 2 aliphatic heterocycles. The van der Waals surface area contributed by atoms with Crippen LogP contribution in [0.15, 0.2) is 12.3 Å². The topological polar surface area (TPSA) is 64.3 Å².